The predicted octanol–water partition coefficient (Wildman–Crippen LogP) is 3.17. The first-order valence-electron chi connectivity index (χ1n) is 8.22. The van der Waals surface area contributed by atoms with Gasteiger partial charge >= 0.3 is 5.97 Å². The summed E-state index contributed by atoms with van der Waals surface area (Å²) in [6, 6.07) is 9.88. The van der Waals surface area contributed by atoms with E-state index in [1.807, 2.05) is 30.3 Å². The van der Waals surface area contributed by atoms with E-state index in [1.165, 1.54) is 13.5 Å². The fourth-order valence-electron chi connectivity index (χ4n) is 2.79. The summed E-state index contributed by atoms with van der Waals surface area (Å²) in [4.78, 5) is 18.3. The second-order valence-corrected chi connectivity index (χ2v) is 5.78. The van der Waals surface area contributed by atoms with Gasteiger partial charge in [-0.05, 0) is 24.8 Å². The van der Waals surface area contributed by atoms with Crippen LogP contribution in [0.4, 0.5) is 5.88 Å². The lowest BCUT2D eigenvalue weighted by Gasteiger charge is -2.26. The third-order valence-corrected chi connectivity index (χ3v) is 4.01. The summed E-state index contributed by atoms with van der Waals surface area (Å²) in [5.41, 5.74) is 1.31. The Balaban J connectivity index is 1.69. The molecule has 0 bridgehead atoms. The fourth-order valence-corrected chi connectivity index (χ4v) is 2.79. The van der Waals surface area contributed by atoms with Gasteiger partial charge in [-0.3, -0.25) is 0 Å². The Morgan fingerprint density at radius 1 is 1.17 bits per heavy atom. The largest absolute Gasteiger partial charge is 0.464 e. The molecule has 128 valence electrons. The summed E-state index contributed by atoms with van der Waals surface area (Å²) >= 11 is 0. The molecule has 0 unspecified atom stereocenters. The van der Waals surface area contributed by atoms with Crippen molar-refractivity contribution >= 4 is 11.9 Å². The molecule has 1 fully saturated rings. The molecule has 0 aliphatic carbocycles. The van der Waals surface area contributed by atoms with Crippen molar-refractivity contribution in [2.24, 2.45) is 0 Å². The lowest BCUT2D eigenvalue weighted by Crippen LogP contribution is -2.30. The van der Waals surface area contributed by atoms with Crippen LogP contribution in [0.1, 0.15) is 41.2 Å². The van der Waals surface area contributed by atoms with E-state index in [2.05, 4.69) is 9.88 Å². The number of esters is 1. The lowest BCUT2D eigenvalue weighted by molar-refractivity contribution is 0.0594. The smallest absolute Gasteiger partial charge is 0.362 e. The first kappa shape index (κ1) is 16.5. The van der Waals surface area contributed by atoms with Gasteiger partial charge in [0.05, 0.1) is 13.7 Å². The van der Waals surface area contributed by atoms with Gasteiger partial charge in [-0.15, -0.1) is 0 Å². The number of hydrogen-bond acceptors (Lipinski definition) is 6. The Morgan fingerprint density at radius 2 is 1.92 bits per heavy atom. The van der Waals surface area contributed by atoms with Crippen LogP contribution in [0.25, 0.3) is 0 Å². The van der Waals surface area contributed by atoms with E-state index in [-0.39, 0.29) is 12.3 Å². The van der Waals surface area contributed by atoms with Gasteiger partial charge in [-0.1, -0.05) is 30.3 Å². The number of piperidine rings is 1. The van der Waals surface area contributed by atoms with Crippen molar-refractivity contribution in [1.29, 1.82) is 0 Å². The Hall–Kier alpha value is -2.34. The van der Waals surface area contributed by atoms with E-state index in [0.29, 0.717) is 18.4 Å². The standard InChI is InChI=1S/C18H22N2O4/c1-22-18(21)16-17(20-10-6-3-7-11-20)24-15(19-16)13-23-12-14-8-4-2-5-9-14/h2,4-5,8-9H,3,6-7,10-13H2,1H3. The average molecular weight is 330 g/mol. The molecule has 1 aliphatic rings. The number of benzene rings is 1. The molecule has 6 nitrogen and oxygen atoms in total. The Morgan fingerprint density at radius 3 is 2.62 bits per heavy atom. The number of oxazole rings is 1. The highest BCUT2D eigenvalue weighted by molar-refractivity contribution is 5.92. The van der Waals surface area contributed by atoms with Crippen molar-refractivity contribution in [3.63, 3.8) is 0 Å². The molecule has 0 amide bonds. The maximum atomic E-state index is 12.0. The second-order valence-electron chi connectivity index (χ2n) is 5.78. The summed E-state index contributed by atoms with van der Waals surface area (Å²) in [7, 11) is 1.35. The number of aromatic nitrogens is 1. The highest BCUT2D eigenvalue weighted by atomic mass is 16.5. The van der Waals surface area contributed by atoms with Crippen LogP contribution in [0.5, 0.6) is 0 Å². The number of nitrogens with zero attached hydrogens (tertiary/aromatic N) is 2. The number of anilines is 1. The minimum atomic E-state index is -0.478. The molecule has 0 atom stereocenters. The second kappa shape index (κ2) is 7.97. The topological polar surface area (TPSA) is 64.8 Å². The van der Waals surface area contributed by atoms with Gasteiger partial charge in [0.25, 0.3) is 0 Å². The summed E-state index contributed by atoms with van der Waals surface area (Å²) < 4.78 is 16.3. The fraction of sp³-hybridized carbons (Fsp3) is 0.444. The van der Waals surface area contributed by atoms with Crippen LogP contribution in [0.15, 0.2) is 34.7 Å². The van der Waals surface area contributed by atoms with E-state index < -0.39 is 5.97 Å². The molecule has 2 heterocycles. The van der Waals surface area contributed by atoms with Gasteiger partial charge < -0.3 is 18.8 Å². The number of hydrogen-bond donors (Lipinski definition) is 0. The summed E-state index contributed by atoms with van der Waals surface area (Å²) in [5.74, 6) is 0.417. The Bertz CT molecular complexity index is 663. The van der Waals surface area contributed by atoms with Gasteiger partial charge in [-0.2, -0.15) is 0 Å². The maximum absolute atomic E-state index is 12.0. The van der Waals surface area contributed by atoms with Crippen LogP contribution in [-0.4, -0.2) is 31.2 Å². The monoisotopic (exact) mass is 330 g/mol. The molecule has 6 heteroatoms. The van der Waals surface area contributed by atoms with Crippen molar-refractivity contribution in [2.75, 3.05) is 25.1 Å². The van der Waals surface area contributed by atoms with E-state index >= 15 is 0 Å². The van der Waals surface area contributed by atoms with Gasteiger partial charge in [0, 0.05) is 13.1 Å². The number of rotatable bonds is 6. The minimum Gasteiger partial charge on any atom is -0.464 e. The molecule has 3 rings (SSSR count). The lowest BCUT2D eigenvalue weighted by atomic mass is 10.1. The number of methoxy groups -OCH3 is 1. The quantitative estimate of drug-likeness (QED) is 0.758. The van der Waals surface area contributed by atoms with Crippen LogP contribution >= 0.6 is 0 Å². The van der Waals surface area contributed by atoms with Crippen LogP contribution in [0.2, 0.25) is 0 Å². The highest BCUT2D eigenvalue weighted by Gasteiger charge is 2.26. The molecular weight excluding hydrogens is 308 g/mol. The van der Waals surface area contributed by atoms with Crippen molar-refractivity contribution in [1.82, 2.24) is 4.98 Å². The highest BCUT2D eigenvalue weighted by Crippen LogP contribution is 2.26. The van der Waals surface area contributed by atoms with Crippen molar-refractivity contribution in [3.8, 4) is 0 Å². The summed E-state index contributed by atoms with van der Waals surface area (Å²) in [6.07, 6.45) is 3.37. The van der Waals surface area contributed by atoms with E-state index in [4.69, 9.17) is 13.9 Å². The van der Waals surface area contributed by atoms with Crippen LogP contribution in [0, 0.1) is 0 Å². The summed E-state index contributed by atoms with van der Waals surface area (Å²) in [6.45, 7) is 2.41. The zero-order chi connectivity index (χ0) is 16.8. The number of carbonyl (C=O) groups excluding carboxylic acids is 1. The average Bonchev–Trinajstić information content (AvgIpc) is 3.07. The summed E-state index contributed by atoms with van der Waals surface area (Å²) in [5, 5.41) is 0. The molecule has 0 saturated carbocycles. The van der Waals surface area contributed by atoms with Gasteiger partial charge in [0.15, 0.2) is 0 Å². The zero-order valence-corrected chi connectivity index (χ0v) is 13.9. The van der Waals surface area contributed by atoms with Gasteiger partial charge in [0.2, 0.25) is 17.5 Å². The molecule has 1 saturated heterocycles. The third-order valence-electron chi connectivity index (χ3n) is 4.01. The Kier molecular flexibility index (Phi) is 5.48. The zero-order valence-electron chi connectivity index (χ0n) is 13.9. The molecule has 1 aromatic carbocycles. The Labute approximate surface area is 141 Å². The normalized spacial score (nSPS) is 14.6. The molecule has 0 N–H and O–H groups in total. The van der Waals surface area contributed by atoms with E-state index in [1.54, 1.807) is 0 Å². The first-order valence-corrected chi connectivity index (χ1v) is 8.22. The number of ether oxygens (including phenoxy) is 2. The minimum absolute atomic E-state index is 0.215. The first-order chi connectivity index (χ1) is 11.8. The molecule has 2 aromatic rings. The number of carbonyl (C=O) groups is 1. The molecule has 1 aromatic heterocycles. The van der Waals surface area contributed by atoms with Gasteiger partial charge in [-0.25, -0.2) is 9.78 Å². The molecule has 1 aliphatic heterocycles. The van der Waals surface area contributed by atoms with Crippen molar-refractivity contribution in [2.45, 2.75) is 32.5 Å². The third kappa shape index (κ3) is 3.94. The van der Waals surface area contributed by atoms with Crippen LogP contribution in [0.3, 0.4) is 0 Å². The maximum Gasteiger partial charge on any atom is 0.362 e. The molecular formula is C18H22N2O4. The van der Waals surface area contributed by atoms with Gasteiger partial charge in [0.1, 0.15) is 6.61 Å². The van der Waals surface area contributed by atoms with E-state index in [0.717, 1.165) is 31.5 Å². The molecule has 24 heavy (non-hydrogen) atoms. The van der Waals surface area contributed by atoms with Crippen LogP contribution < -0.4 is 4.90 Å². The SMILES string of the molecule is COC(=O)c1nc(COCc2ccccc2)oc1N1CCCCC1. The van der Waals surface area contributed by atoms with Crippen molar-refractivity contribution < 1.29 is 18.7 Å². The molecule has 0 radical (unpaired) electrons. The van der Waals surface area contributed by atoms with E-state index in [9.17, 15) is 4.79 Å². The predicted molar refractivity (Wildman–Crippen MR) is 88.8 cm³/mol. The van der Waals surface area contributed by atoms with Crippen molar-refractivity contribution in [3.05, 3.63) is 47.5 Å². The van der Waals surface area contributed by atoms with Crippen LogP contribution in [-0.2, 0) is 22.7 Å². The molecule has 0 spiro atoms.